The maximum Gasteiger partial charge on any atom is 0.0872 e. The van der Waals surface area contributed by atoms with Crippen molar-refractivity contribution in [2.75, 3.05) is 13.6 Å². The first-order valence-electron chi connectivity index (χ1n) is 4.65. The van der Waals surface area contributed by atoms with Crippen LogP contribution in [-0.2, 0) is 0 Å². The Morgan fingerprint density at radius 2 is 1.93 bits per heavy atom. The van der Waals surface area contributed by atoms with Crippen molar-refractivity contribution in [2.24, 2.45) is 0 Å². The molecule has 0 N–H and O–H groups in total. The van der Waals surface area contributed by atoms with Gasteiger partial charge >= 0.3 is 0 Å². The van der Waals surface area contributed by atoms with Crippen LogP contribution < -0.4 is 0 Å². The molecule has 15 heavy (non-hydrogen) atoms. The Morgan fingerprint density at radius 3 is 2.47 bits per heavy atom. The number of nitriles is 1. The van der Waals surface area contributed by atoms with Crippen molar-refractivity contribution in [3.05, 3.63) is 35.9 Å². The van der Waals surface area contributed by atoms with E-state index in [2.05, 4.69) is 31.3 Å². The summed E-state index contributed by atoms with van der Waals surface area (Å²) in [5.41, 5.74) is 1.12. The third-order valence-electron chi connectivity index (χ3n) is 2.20. The molecule has 0 bridgehead atoms. The van der Waals surface area contributed by atoms with Gasteiger partial charge in [0.1, 0.15) is 0 Å². The molecule has 1 rings (SSSR count). The molecule has 0 amide bonds. The zero-order valence-electron chi connectivity index (χ0n) is 8.54. The smallest absolute Gasteiger partial charge is 0.0872 e. The molecule has 0 saturated carbocycles. The summed E-state index contributed by atoms with van der Waals surface area (Å²) >= 11 is 8.98. The summed E-state index contributed by atoms with van der Waals surface area (Å²) in [6.07, 6.45) is 0. The number of thiol groups is 2. The van der Waals surface area contributed by atoms with E-state index in [1.165, 1.54) is 0 Å². The molecule has 80 valence electrons. The third-order valence-corrected chi connectivity index (χ3v) is 3.70. The first-order valence-corrected chi connectivity index (χ1v) is 5.68. The number of hydrogen-bond donors (Lipinski definition) is 2. The average molecular weight is 238 g/mol. The summed E-state index contributed by atoms with van der Waals surface area (Å²) in [4.78, 5) is 1.87. The van der Waals surface area contributed by atoms with Gasteiger partial charge in [-0.05, 0) is 12.6 Å². The van der Waals surface area contributed by atoms with E-state index in [0.29, 0.717) is 6.54 Å². The van der Waals surface area contributed by atoms with E-state index in [1.54, 1.807) is 0 Å². The quantitative estimate of drug-likeness (QED) is 0.479. The van der Waals surface area contributed by atoms with Gasteiger partial charge in [0.15, 0.2) is 0 Å². The van der Waals surface area contributed by atoms with Crippen LogP contribution in [0.1, 0.15) is 10.8 Å². The molecule has 2 unspecified atom stereocenters. The van der Waals surface area contributed by atoms with E-state index in [-0.39, 0.29) is 10.6 Å². The number of likely N-dealkylation sites (N-methyl/N-ethyl adjacent to an activating group) is 1. The maximum atomic E-state index is 8.59. The fraction of sp³-hybridized carbons (Fsp3) is 0.364. The zero-order chi connectivity index (χ0) is 11.3. The van der Waals surface area contributed by atoms with E-state index < -0.39 is 0 Å². The van der Waals surface area contributed by atoms with Crippen molar-refractivity contribution in [1.29, 1.82) is 5.26 Å². The molecule has 0 radical (unpaired) electrons. The van der Waals surface area contributed by atoms with Gasteiger partial charge in [-0.15, -0.1) is 0 Å². The number of rotatable bonds is 4. The van der Waals surface area contributed by atoms with E-state index in [4.69, 9.17) is 5.26 Å². The van der Waals surface area contributed by atoms with Crippen molar-refractivity contribution >= 4 is 25.3 Å². The molecule has 0 saturated heterocycles. The van der Waals surface area contributed by atoms with Gasteiger partial charge in [-0.1, -0.05) is 30.3 Å². The molecular formula is C11H14N2S2. The van der Waals surface area contributed by atoms with Gasteiger partial charge in [0.25, 0.3) is 0 Å². The highest BCUT2D eigenvalue weighted by Crippen LogP contribution is 2.28. The molecule has 0 aliphatic carbocycles. The maximum absolute atomic E-state index is 8.59. The minimum atomic E-state index is -0.0598. The fourth-order valence-electron chi connectivity index (χ4n) is 1.27. The molecule has 2 atom stereocenters. The molecule has 2 nitrogen and oxygen atoms in total. The SMILES string of the molecule is CN(CC#N)C(S)C(S)c1ccccc1. The zero-order valence-corrected chi connectivity index (χ0v) is 10.3. The molecule has 4 heteroatoms. The van der Waals surface area contributed by atoms with Crippen LogP contribution in [0.3, 0.4) is 0 Å². The Kier molecular flexibility index (Phi) is 5.03. The molecule has 0 aromatic heterocycles. The van der Waals surface area contributed by atoms with Crippen LogP contribution in [0.5, 0.6) is 0 Å². The van der Waals surface area contributed by atoms with Crippen LogP contribution in [0.15, 0.2) is 30.3 Å². The molecule has 1 aromatic rings. The number of hydrogen-bond acceptors (Lipinski definition) is 4. The first-order chi connectivity index (χ1) is 7.16. The van der Waals surface area contributed by atoms with Crippen LogP contribution in [-0.4, -0.2) is 23.9 Å². The van der Waals surface area contributed by atoms with E-state index in [9.17, 15) is 0 Å². The van der Waals surface area contributed by atoms with Crippen molar-refractivity contribution in [2.45, 2.75) is 10.6 Å². The number of benzene rings is 1. The van der Waals surface area contributed by atoms with Crippen molar-refractivity contribution < 1.29 is 0 Å². The summed E-state index contributed by atoms with van der Waals surface area (Å²) in [5.74, 6) is 0. The molecule has 0 aliphatic heterocycles. The lowest BCUT2D eigenvalue weighted by atomic mass is 10.1. The summed E-state index contributed by atoms with van der Waals surface area (Å²) < 4.78 is 0. The highest BCUT2D eigenvalue weighted by atomic mass is 32.1. The Morgan fingerprint density at radius 1 is 1.33 bits per heavy atom. The molecule has 0 heterocycles. The lowest BCUT2D eigenvalue weighted by Gasteiger charge is -2.26. The minimum Gasteiger partial charge on any atom is -0.280 e. The van der Waals surface area contributed by atoms with Gasteiger partial charge in [0, 0.05) is 0 Å². The Balaban J connectivity index is 2.69. The van der Waals surface area contributed by atoms with Gasteiger partial charge in [-0.3, -0.25) is 4.90 Å². The van der Waals surface area contributed by atoms with Gasteiger partial charge in [0.05, 0.1) is 23.2 Å². The summed E-state index contributed by atoms with van der Waals surface area (Å²) in [6.45, 7) is 0.359. The van der Waals surface area contributed by atoms with E-state index in [0.717, 1.165) is 5.56 Å². The summed E-state index contributed by atoms with van der Waals surface area (Å²) in [7, 11) is 1.87. The van der Waals surface area contributed by atoms with Gasteiger partial charge < -0.3 is 0 Å². The second kappa shape index (κ2) is 6.06. The molecule has 0 fully saturated rings. The predicted molar refractivity (Wildman–Crippen MR) is 69.2 cm³/mol. The minimum absolute atomic E-state index is 0.00730. The Bertz CT molecular complexity index is 334. The van der Waals surface area contributed by atoms with Gasteiger partial charge in [-0.25, -0.2) is 0 Å². The van der Waals surface area contributed by atoms with Crippen LogP contribution in [0.25, 0.3) is 0 Å². The molecule has 0 spiro atoms. The van der Waals surface area contributed by atoms with Crippen LogP contribution in [0.4, 0.5) is 0 Å². The van der Waals surface area contributed by atoms with E-state index >= 15 is 0 Å². The Hall–Kier alpha value is -0.630. The lowest BCUT2D eigenvalue weighted by Crippen LogP contribution is -2.30. The largest absolute Gasteiger partial charge is 0.280 e. The fourth-order valence-corrected chi connectivity index (χ4v) is 1.92. The summed E-state index contributed by atoms with van der Waals surface area (Å²) in [5, 5.41) is 8.53. The Labute approximate surface area is 102 Å². The van der Waals surface area contributed by atoms with Crippen molar-refractivity contribution in [3.8, 4) is 6.07 Å². The normalized spacial score (nSPS) is 14.6. The second-order valence-electron chi connectivity index (χ2n) is 3.34. The van der Waals surface area contributed by atoms with Crippen molar-refractivity contribution in [3.63, 3.8) is 0 Å². The van der Waals surface area contributed by atoms with Crippen LogP contribution >= 0.6 is 25.3 Å². The highest BCUT2D eigenvalue weighted by molar-refractivity contribution is 7.84. The molecule has 1 aromatic carbocycles. The molecular weight excluding hydrogens is 224 g/mol. The lowest BCUT2D eigenvalue weighted by molar-refractivity contribution is 0.348. The monoisotopic (exact) mass is 238 g/mol. The second-order valence-corrected chi connectivity index (χ2v) is 4.43. The van der Waals surface area contributed by atoms with Gasteiger partial charge in [0.2, 0.25) is 0 Å². The highest BCUT2D eigenvalue weighted by Gasteiger charge is 2.19. The van der Waals surface area contributed by atoms with Gasteiger partial charge in [-0.2, -0.15) is 30.5 Å². The van der Waals surface area contributed by atoms with Crippen molar-refractivity contribution in [1.82, 2.24) is 4.90 Å². The van der Waals surface area contributed by atoms with Crippen LogP contribution in [0, 0.1) is 11.3 Å². The number of nitrogens with zero attached hydrogens (tertiary/aromatic N) is 2. The standard InChI is InChI=1S/C11H14N2S2/c1-13(8-7-12)11(15)10(14)9-5-3-2-4-6-9/h2-6,10-11,14-15H,8H2,1H3. The predicted octanol–water partition coefficient (Wildman–Crippen LogP) is 2.37. The first kappa shape index (κ1) is 12.4. The van der Waals surface area contributed by atoms with Crippen LogP contribution in [0.2, 0.25) is 0 Å². The average Bonchev–Trinajstić information content (AvgIpc) is 2.28. The molecule has 0 aliphatic rings. The summed E-state index contributed by atoms with van der Waals surface area (Å²) in [6, 6.07) is 12.0. The third kappa shape index (κ3) is 3.45. The van der Waals surface area contributed by atoms with E-state index in [1.807, 2.05) is 42.3 Å². The topological polar surface area (TPSA) is 27.0 Å².